The summed E-state index contributed by atoms with van der Waals surface area (Å²) in [6.45, 7) is 6.76. The van der Waals surface area contributed by atoms with E-state index in [0.29, 0.717) is 30.3 Å². The number of amides is 1. The van der Waals surface area contributed by atoms with Crippen molar-refractivity contribution in [3.63, 3.8) is 0 Å². The van der Waals surface area contributed by atoms with Gasteiger partial charge in [-0.2, -0.15) is 0 Å². The van der Waals surface area contributed by atoms with Gasteiger partial charge in [-0.15, -0.1) is 0 Å². The molecule has 0 radical (unpaired) electrons. The Kier molecular flexibility index (Phi) is 7.21. The Labute approximate surface area is 153 Å². The molecular weight excluding hydrogens is 333 g/mol. The van der Waals surface area contributed by atoms with E-state index in [4.69, 9.17) is 9.47 Å². The maximum atomic E-state index is 13.6. The maximum Gasteiger partial charge on any atom is 0.244 e. The number of hydrogen-bond donors (Lipinski definition) is 1. The predicted molar refractivity (Wildman–Crippen MR) is 101 cm³/mol. The summed E-state index contributed by atoms with van der Waals surface area (Å²) in [5.41, 5.74) is 1.26. The molecule has 0 heterocycles. The van der Waals surface area contributed by atoms with Crippen molar-refractivity contribution in [1.82, 2.24) is 5.32 Å². The highest BCUT2D eigenvalue weighted by molar-refractivity contribution is 5.92. The molecule has 0 aliphatic heterocycles. The fraction of sp³-hybridized carbons (Fsp3) is 0.286. The van der Waals surface area contributed by atoms with Crippen LogP contribution in [0.3, 0.4) is 0 Å². The van der Waals surface area contributed by atoms with Crippen LogP contribution < -0.4 is 14.8 Å². The second-order valence-electron chi connectivity index (χ2n) is 5.66. The zero-order chi connectivity index (χ0) is 18.9. The highest BCUT2D eigenvalue weighted by Crippen LogP contribution is 2.30. The van der Waals surface area contributed by atoms with E-state index in [0.717, 1.165) is 5.56 Å². The first-order chi connectivity index (χ1) is 12.5. The van der Waals surface area contributed by atoms with Crippen LogP contribution in [0.5, 0.6) is 11.5 Å². The lowest BCUT2D eigenvalue weighted by atomic mass is 10.1. The Balaban J connectivity index is 2.06. The van der Waals surface area contributed by atoms with Crippen molar-refractivity contribution in [2.45, 2.75) is 26.8 Å². The summed E-state index contributed by atoms with van der Waals surface area (Å²) in [5.74, 6) is 0.663. The standard InChI is InChI=1S/C21H24FNO3/c1-4-25-19-12-10-17(14-20(19)26-5-2)15(3)23-21(24)13-11-16-8-6-7-9-18(16)22/h6-15H,4-5H2,1-3H3,(H,23,24)/b13-11+. The molecule has 0 bridgehead atoms. The van der Waals surface area contributed by atoms with Gasteiger partial charge in [0.1, 0.15) is 5.82 Å². The topological polar surface area (TPSA) is 47.6 Å². The van der Waals surface area contributed by atoms with E-state index in [-0.39, 0.29) is 17.8 Å². The van der Waals surface area contributed by atoms with Crippen LogP contribution in [-0.2, 0) is 4.79 Å². The van der Waals surface area contributed by atoms with Crippen molar-refractivity contribution >= 4 is 12.0 Å². The summed E-state index contributed by atoms with van der Waals surface area (Å²) >= 11 is 0. The van der Waals surface area contributed by atoms with E-state index in [1.54, 1.807) is 18.2 Å². The smallest absolute Gasteiger partial charge is 0.244 e. The Morgan fingerprint density at radius 2 is 1.81 bits per heavy atom. The molecule has 0 spiro atoms. The molecule has 0 aliphatic rings. The fourth-order valence-electron chi connectivity index (χ4n) is 2.46. The first-order valence-electron chi connectivity index (χ1n) is 8.67. The Morgan fingerprint density at radius 1 is 1.12 bits per heavy atom. The molecule has 26 heavy (non-hydrogen) atoms. The lowest BCUT2D eigenvalue weighted by molar-refractivity contribution is -0.117. The third kappa shape index (κ3) is 5.34. The summed E-state index contributed by atoms with van der Waals surface area (Å²) in [4.78, 5) is 12.1. The molecule has 0 saturated carbocycles. The van der Waals surface area contributed by atoms with Gasteiger partial charge in [-0.25, -0.2) is 4.39 Å². The molecule has 0 saturated heterocycles. The first-order valence-corrected chi connectivity index (χ1v) is 8.67. The van der Waals surface area contributed by atoms with Crippen molar-refractivity contribution in [1.29, 1.82) is 0 Å². The highest BCUT2D eigenvalue weighted by Gasteiger charge is 2.12. The van der Waals surface area contributed by atoms with Crippen molar-refractivity contribution < 1.29 is 18.7 Å². The van der Waals surface area contributed by atoms with Gasteiger partial charge in [0.2, 0.25) is 5.91 Å². The van der Waals surface area contributed by atoms with Crippen LogP contribution in [0.4, 0.5) is 4.39 Å². The zero-order valence-electron chi connectivity index (χ0n) is 15.3. The normalized spacial score (nSPS) is 12.0. The van der Waals surface area contributed by atoms with E-state index in [1.165, 1.54) is 18.2 Å². The minimum atomic E-state index is -0.363. The molecular formula is C21H24FNO3. The molecule has 1 N–H and O–H groups in total. The van der Waals surface area contributed by atoms with Gasteiger partial charge < -0.3 is 14.8 Å². The molecule has 138 valence electrons. The minimum absolute atomic E-state index is 0.234. The lowest BCUT2D eigenvalue weighted by Crippen LogP contribution is -2.24. The summed E-state index contributed by atoms with van der Waals surface area (Å²) in [6.07, 6.45) is 2.79. The van der Waals surface area contributed by atoms with Crippen LogP contribution in [0.25, 0.3) is 6.08 Å². The van der Waals surface area contributed by atoms with E-state index in [2.05, 4.69) is 5.32 Å². The van der Waals surface area contributed by atoms with Gasteiger partial charge in [-0.3, -0.25) is 4.79 Å². The van der Waals surface area contributed by atoms with Gasteiger partial charge in [-0.05, 0) is 50.6 Å². The van der Waals surface area contributed by atoms with Gasteiger partial charge in [0.05, 0.1) is 19.3 Å². The SMILES string of the molecule is CCOc1ccc(C(C)NC(=O)/C=C/c2ccccc2F)cc1OCC. The van der Waals surface area contributed by atoms with E-state index >= 15 is 0 Å². The number of carbonyl (C=O) groups excluding carboxylic acids is 1. The quantitative estimate of drug-likeness (QED) is 0.707. The van der Waals surface area contributed by atoms with Crippen LogP contribution in [-0.4, -0.2) is 19.1 Å². The second-order valence-corrected chi connectivity index (χ2v) is 5.66. The van der Waals surface area contributed by atoms with Crippen LogP contribution in [0, 0.1) is 5.82 Å². The highest BCUT2D eigenvalue weighted by atomic mass is 19.1. The minimum Gasteiger partial charge on any atom is -0.490 e. The molecule has 1 amide bonds. The molecule has 1 unspecified atom stereocenters. The Bertz CT molecular complexity index is 774. The average Bonchev–Trinajstić information content (AvgIpc) is 2.63. The molecule has 4 nitrogen and oxygen atoms in total. The number of nitrogens with one attached hydrogen (secondary N) is 1. The summed E-state index contributed by atoms with van der Waals surface area (Å²) in [7, 11) is 0. The van der Waals surface area contributed by atoms with Gasteiger partial charge >= 0.3 is 0 Å². The summed E-state index contributed by atoms with van der Waals surface area (Å²) < 4.78 is 24.7. The molecule has 0 aliphatic carbocycles. The lowest BCUT2D eigenvalue weighted by Gasteiger charge is -2.17. The first kappa shape index (κ1) is 19.5. The van der Waals surface area contributed by atoms with Crippen molar-refractivity contribution in [3.05, 3.63) is 65.5 Å². The Hall–Kier alpha value is -2.82. The van der Waals surface area contributed by atoms with Crippen LogP contribution in [0.1, 0.15) is 37.9 Å². The van der Waals surface area contributed by atoms with Crippen molar-refractivity contribution in [3.8, 4) is 11.5 Å². The molecule has 2 aromatic rings. The maximum absolute atomic E-state index is 13.6. The van der Waals surface area contributed by atoms with Gasteiger partial charge in [-0.1, -0.05) is 24.3 Å². The summed E-state index contributed by atoms with van der Waals surface area (Å²) in [6, 6.07) is 11.6. The van der Waals surface area contributed by atoms with Gasteiger partial charge in [0.15, 0.2) is 11.5 Å². The van der Waals surface area contributed by atoms with Crippen LogP contribution >= 0.6 is 0 Å². The van der Waals surface area contributed by atoms with E-state index in [9.17, 15) is 9.18 Å². The fourth-order valence-corrected chi connectivity index (χ4v) is 2.46. The van der Waals surface area contributed by atoms with Crippen LogP contribution in [0.15, 0.2) is 48.5 Å². The third-order valence-electron chi connectivity index (χ3n) is 3.75. The number of benzene rings is 2. The zero-order valence-corrected chi connectivity index (χ0v) is 15.3. The number of hydrogen-bond acceptors (Lipinski definition) is 3. The number of rotatable bonds is 8. The molecule has 2 rings (SSSR count). The molecule has 1 atom stereocenters. The average molecular weight is 357 g/mol. The predicted octanol–water partition coefficient (Wildman–Crippen LogP) is 4.51. The monoisotopic (exact) mass is 357 g/mol. The van der Waals surface area contributed by atoms with Gasteiger partial charge in [0.25, 0.3) is 0 Å². The number of halogens is 1. The number of ether oxygens (including phenoxy) is 2. The van der Waals surface area contributed by atoms with Crippen molar-refractivity contribution in [2.75, 3.05) is 13.2 Å². The van der Waals surface area contributed by atoms with Crippen LogP contribution in [0.2, 0.25) is 0 Å². The molecule has 0 fully saturated rings. The number of carbonyl (C=O) groups is 1. The largest absolute Gasteiger partial charge is 0.490 e. The molecule has 2 aromatic carbocycles. The molecule has 0 aromatic heterocycles. The third-order valence-corrected chi connectivity index (χ3v) is 3.75. The van der Waals surface area contributed by atoms with E-state index < -0.39 is 0 Å². The summed E-state index contributed by atoms with van der Waals surface area (Å²) in [5, 5.41) is 2.86. The second kappa shape index (κ2) is 9.61. The van der Waals surface area contributed by atoms with E-state index in [1.807, 2.05) is 39.0 Å². The van der Waals surface area contributed by atoms with Gasteiger partial charge in [0, 0.05) is 11.6 Å². The van der Waals surface area contributed by atoms with Crippen molar-refractivity contribution in [2.24, 2.45) is 0 Å². The Morgan fingerprint density at radius 3 is 2.50 bits per heavy atom. The molecule has 5 heteroatoms.